The van der Waals surface area contributed by atoms with Gasteiger partial charge in [0.25, 0.3) is 5.19 Å². The Balaban J connectivity index is 1.72. The van der Waals surface area contributed by atoms with Gasteiger partial charge in [0.1, 0.15) is 0 Å². The van der Waals surface area contributed by atoms with Crippen LogP contribution in [0.25, 0.3) is 16.9 Å². The Morgan fingerprint density at radius 2 is 1.84 bits per heavy atom. The van der Waals surface area contributed by atoms with E-state index >= 15 is 0 Å². The molecule has 0 saturated heterocycles. The van der Waals surface area contributed by atoms with Crippen LogP contribution in [0.1, 0.15) is 10.4 Å². The maximum absolute atomic E-state index is 13.1. The number of alkyl halides is 3. The third-order valence-electron chi connectivity index (χ3n) is 4.62. The minimum Gasteiger partial charge on any atom is -0.467 e. The van der Waals surface area contributed by atoms with Gasteiger partial charge in [-0.3, -0.25) is 0 Å². The van der Waals surface area contributed by atoms with E-state index < -0.39 is 17.4 Å². The van der Waals surface area contributed by atoms with Crippen LogP contribution in [0.5, 0.6) is 17.0 Å². The fraction of sp³-hybridized carbons (Fsp3) is 0.190. The van der Waals surface area contributed by atoms with Crippen molar-refractivity contribution in [1.29, 1.82) is 0 Å². The molecule has 0 fully saturated rings. The van der Waals surface area contributed by atoms with Crippen LogP contribution in [0.4, 0.5) is 13.2 Å². The van der Waals surface area contributed by atoms with E-state index in [4.69, 9.17) is 9.47 Å². The van der Waals surface area contributed by atoms with Crippen LogP contribution >= 0.6 is 11.3 Å². The van der Waals surface area contributed by atoms with Gasteiger partial charge < -0.3 is 9.47 Å². The van der Waals surface area contributed by atoms with Gasteiger partial charge in [-0.2, -0.15) is 13.2 Å². The molecule has 0 aliphatic rings. The van der Waals surface area contributed by atoms with Crippen molar-refractivity contribution in [2.75, 3.05) is 7.11 Å². The molecule has 2 heterocycles. The van der Waals surface area contributed by atoms with Gasteiger partial charge in [-0.1, -0.05) is 35.6 Å². The molecule has 0 saturated carbocycles. The normalized spacial score (nSPS) is 11.6. The maximum atomic E-state index is 13.1. The van der Waals surface area contributed by atoms with Crippen molar-refractivity contribution in [2.24, 2.45) is 7.05 Å². The first-order chi connectivity index (χ1) is 15.2. The Hall–Kier alpha value is -3.60. The molecule has 2 aromatic carbocycles. The average Bonchev–Trinajstić information content (AvgIpc) is 3.26. The minimum absolute atomic E-state index is 0.0773. The first kappa shape index (κ1) is 21.6. The lowest BCUT2D eigenvalue weighted by molar-refractivity contribution is -0.137. The number of ether oxygens (including phenoxy) is 2. The molecule has 11 heteroatoms. The Labute approximate surface area is 184 Å². The van der Waals surface area contributed by atoms with E-state index in [1.165, 1.54) is 36.1 Å². The number of hydrogen-bond acceptors (Lipinski definition) is 6. The Kier molecular flexibility index (Phi) is 5.51. The molecule has 7 nitrogen and oxygen atoms in total. The number of methoxy groups -OCH3 is 1. The molecule has 0 N–H and O–H groups in total. The Morgan fingerprint density at radius 1 is 1.09 bits per heavy atom. The van der Waals surface area contributed by atoms with Crippen LogP contribution in [-0.4, -0.2) is 26.4 Å². The summed E-state index contributed by atoms with van der Waals surface area (Å²) >= 11 is 1.19. The molecule has 0 aliphatic carbocycles. The zero-order valence-corrected chi connectivity index (χ0v) is 18.0. The molecule has 4 aromatic rings. The SMILES string of the molecule is COc1nn(C)c(=O)n1-c1ccccc1Oc1nc(-c2cccc(C(F)(F)F)c2)c(C)s1. The maximum Gasteiger partial charge on any atom is 0.416 e. The first-order valence-electron chi connectivity index (χ1n) is 9.31. The summed E-state index contributed by atoms with van der Waals surface area (Å²) in [4.78, 5) is 17.6. The van der Waals surface area contributed by atoms with E-state index in [2.05, 4.69) is 10.1 Å². The lowest BCUT2D eigenvalue weighted by Gasteiger charge is -2.10. The van der Waals surface area contributed by atoms with E-state index in [9.17, 15) is 18.0 Å². The largest absolute Gasteiger partial charge is 0.467 e. The van der Waals surface area contributed by atoms with Gasteiger partial charge >= 0.3 is 17.9 Å². The molecule has 2 aromatic heterocycles. The van der Waals surface area contributed by atoms with Crippen LogP contribution in [0, 0.1) is 6.92 Å². The highest BCUT2D eigenvalue weighted by Crippen LogP contribution is 2.38. The second kappa shape index (κ2) is 8.15. The van der Waals surface area contributed by atoms with Crippen molar-refractivity contribution < 1.29 is 22.6 Å². The summed E-state index contributed by atoms with van der Waals surface area (Å²) in [5.74, 6) is 0.310. The number of para-hydroxylation sites is 2. The number of thiazole rings is 1. The summed E-state index contributed by atoms with van der Waals surface area (Å²) in [7, 11) is 2.89. The molecule has 0 amide bonds. The predicted octanol–water partition coefficient (Wildman–Crippen LogP) is 4.82. The molecule has 0 aliphatic heterocycles. The average molecular weight is 462 g/mol. The van der Waals surface area contributed by atoms with Gasteiger partial charge in [-0.05, 0) is 31.2 Å². The number of hydrogen-bond donors (Lipinski definition) is 0. The summed E-state index contributed by atoms with van der Waals surface area (Å²) < 4.78 is 52.8. The monoisotopic (exact) mass is 462 g/mol. The highest BCUT2D eigenvalue weighted by molar-refractivity contribution is 7.13. The standard InChI is InChI=1S/C21H17F3N4O3S/c1-12-17(13-7-6-8-14(11-13)21(22,23)24)25-19(32-12)31-16-10-5-4-9-15(16)28-18(30-3)26-27(2)20(28)29/h4-11H,1-3H3. The molecular weight excluding hydrogens is 445 g/mol. The van der Waals surface area contributed by atoms with Crippen LogP contribution in [0.15, 0.2) is 53.3 Å². The number of benzene rings is 2. The molecule has 0 radical (unpaired) electrons. The molecule has 4 rings (SSSR count). The highest BCUT2D eigenvalue weighted by atomic mass is 32.1. The van der Waals surface area contributed by atoms with Crippen molar-refractivity contribution in [2.45, 2.75) is 13.1 Å². The van der Waals surface area contributed by atoms with E-state index in [1.807, 2.05) is 0 Å². The number of aryl methyl sites for hydroxylation is 2. The Morgan fingerprint density at radius 3 is 2.56 bits per heavy atom. The van der Waals surface area contributed by atoms with Gasteiger partial charge in [0.15, 0.2) is 5.75 Å². The number of nitrogens with zero attached hydrogens (tertiary/aromatic N) is 4. The van der Waals surface area contributed by atoms with Crippen molar-refractivity contribution >= 4 is 11.3 Å². The fourth-order valence-electron chi connectivity index (χ4n) is 3.13. The number of halogens is 3. The molecule has 32 heavy (non-hydrogen) atoms. The zero-order chi connectivity index (χ0) is 23.0. The lowest BCUT2D eigenvalue weighted by Crippen LogP contribution is -2.22. The summed E-state index contributed by atoms with van der Waals surface area (Å²) in [6.07, 6.45) is -4.45. The predicted molar refractivity (Wildman–Crippen MR) is 113 cm³/mol. The molecule has 0 atom stereocenters. The van der Waals surface area contributed by atoms with Crippen molar-refractivity contribution in [1.82, 2.24) is 19.3 Å². The number of aromatic nitrogens is 4. The molecule has 0 bridgehead atoms. The Bertz CT molecular complexity index is 1340. The highest BCUT2D eigenvalue weighted by Gasteiger charge is 2.31. The van der Waals surface area contributed by atoms with Gasteiger partial charge in [0.05, 0.1) is 24.1 Å². The summed E-state index contributed by atoms with van der Waals surface area (Å²) in [5, 5.41) is 4.24. The van der Waals surface area contributed by atoms with E-state index in [1.54, 1.807) is 37.3 Å². The topological polar surface area (TPSA) is 71.2 Å². The van der Waals surface area contributed by atoms with E-state index in [0.717, 1.165) is 16.8 Å². The van der Waals surface area contributed by atoms with E-state index in [0.29, 0.717) is 27.6 Å². The van der Waals surface area contributed by atoms with Gasteiger partial charge in [0.2, 0.25) is 0 Å². The molecule has 0 spiro atoms. The van der Waals surface area contributed by atoms with Crippen molar-refractivity contribution in [3.8, 4) is 33.9 Å². The fourth-order valence-corrected chi connectivity index (χ4v) is 3.92. The smallest absolute Gasteiger partial charge is 0.416 e. The van der Waals surface area contributed by atoms with Crippen molar-refractivity contribution in [3.05, 3.63) is 69.5 Å². The third-order valence-corrected chi connectivity index (χ3v) is 5.47. The molecular formula is C21H17F3N4O3S. The summed E-state index contributed by atoms with van der Waals surface area (Å²) in [6.45, 7) is 1.75. The van der Waals surface area contributed by atoms with Crippen LogP contribution < -0.4 is 15.2 Å². The summed E-state index contributed by atoms with van der Waals surface area (Å²) in [6, 6.07) is 11.8. The van der Waals surface area contributed by atoms with Crippen molar-refractivity contribution in [3.63, 3.8) is 0 Å². The number of rotatable bonds is 5. The van der Waals surface area contributed by atoms with Gasteiger partial charge in [-0.25, -0.2) is 19.0 Å². The molecule has 166 valence electrons. The van der Waals surface area contributed by atoms with Crippen LogP contribution in [0.3, 0.4) is 0 Å². The zero-order valence-electron chi connectivity index (χ0n) is 17.2. The summed E-state index contributed by atoms with van der Waals surface area (Å²) in [5.41, 5.74) is -0.0707. The second-order valence-corrected chi connectivity index (χ2v) is 7.93. The lowest BCUT2D eigenvalue weighted by atomic mass is 10.1. The quantitative estimate of drug-likeness (QED) is 0.425. The van der Waals surface area contributed by atoms with Crippen LogP contribution in [-0.2, 0) is 13.2 Å². The van der Waals surface area contributed by atoms with Crippen LogP contribution in [0.2, 0.25) is 0 Å². The second-order valence-electron chi connectivity index (χ2n) is 6.76. The third kappa shape index (κ3) is 3.98. The molecule has 0 unspecified atom stereocenters. The minimum atomic E-state index is -4.45. The van der Waals surface area contributed by atoms with Gasteiger partial charge in [0, 0.05) is 17.5 Å². The first-order valence-corrected chi connectivity index (χ1v) is 10.1. The van der Waals surface area contributed by atoms with Gasteiger partial charge in [-0.15, -0.1) is 5.10 Å². The van der Waals surface area contributed by atoms with E-state index in [-0.39, 0.29) is 11.2 Å².